The number of fused-ring (bicyclic) bond motifs is 5. The largest absolute Gasteiger partial charge is 0.351 e. The molecule has 3 aliphatic rings. The number of pyridine rings is 1. The molecule has 1 N–H and O–H groups in total. The summed E-state index contributed by atoms with van der Waals surface area (Å²) in [5, 5.41) is 7.39. The van der Waals surface area contributed by atoms with E-state index < -0.39 is 0 Å². The van der Waals surface area contributed by atoms with Crippen LogP contribution in [0.2, 0.25) is 0 Å². The third-order valence-electron chi connectivity index (χ3n) is 5.60. The second-order valence-corrected chi connectivity index (χ2v) is 7.35. The minimum Gasteiger partial charge on any atom is -0.351 e. The highest BCUT2D eigenvalue weighted by Crippen LogP contribution is 2.25. The van der Waals surface area contributed by atoms with Crippen molar-refractivity contribution in [3.8, 4) is 11.3 Å². The molecule has 2 atom stereocenters. The standard InChI is InChI=1S/C21H20N4O2/c26-20-16-8-9-17(23-20)13-24(12-16)21(27)15-6-4-14(5-7-15)19-3-1-2-18-10-11-22-25(18)19/h1-7,10-11,16-17H,8-9,12-13H2,(H,23,26)/t16-,17+/m1/s1. The topological polar surface area (TPSA) is 66.7 Å². The van der Waals surface area contributed by atoms with Gasteiger partial charge >= 0.3 is 0 Å². The molecule has 2 aromatic heterocycles. The van der Waals surface area contributed by atoms with Crippen molar-refractivity contribution in [2.24, 2.45) is 5.92 Å². The van der Waals surface area contributed by atoms with Crippen molar-refractivity contribution in [2.75, 3.05) is 13.1 Å². The Kier molecular flexibility index (Phi) is 3.70. The lowest BCUT2D eigenvalue weighted by Gasteiger charge is -2.23. The Morgan fingerprint density at radius 1 is 1.04 bits per heavy atom. The molecule has 3 aliphatic heterocycles. The minimum atomic E-state index is -0.0793. The van der Waals surface area contributed by atoms with Crippen LogP contribution in [0.4, 0.5) is 0 Å². The van der Waals surface area contributed by atoms with Crippen LogP contribution in [-0.2, 0) is 4.79 Å². The molecular weight excluding hydrogens is 340 g/mol. The van der Waals surface area contributed by atoms with Gasteiger partial charge in [0.1, 0.15) is 0 Å². The first-order valence-corrected chi connectivity index (χ1v) is 9.32. The van der Waals surface area contributed by atoms with Crippen LogP contribution in [0.25, 0.3) is 16.8 Å². The number of hydrogen-bond donors (Lipinski definition) is 1. The van der Waals surface area contributed by atoms with Crippen LogP contribution < -0.4 is 5.32 Å². The summed E-state index contributed by atoms with van der Waals surface area (Å²) >= 11 is 0. The Labute approximate surface area is 156 Å². The highest BCUT2D eigenvalue weighted by molar-refractivity contribution is 5.95. The van der Waals surface area contributed by atoms with Crippen molar-refractivity contribution in [1.29, 1.82) is 0 Å². The number of piperidine rings is 1. The van der Waals surface area contributed by atoms with E-state index >= 15 is 0 Å². The Morgan fingerprint density at radius 3 is 2.70 bits per heavy atom. The van der Waals surface area contributed by atoms with Crippen LogP contribution in [0.15, 0.2) is 54.7 Å². The highest BCUT2D eigenvalue weighted by Gasteiger charge is 2.36. The number of carbonyl (C=O) groups is 2. The number of amides is 2. The van der Waals surface area contributed by atoms with Gasteiger partial charge in [0.25, 0.3) is 5.91 Å². The molecule has 0 saturated carbocycles. The van der Waals surface area contributed by atoms with Gasteiger partial charge < -0.3 is 10.2 Å². The molecule has 5 heterocycles. The van der Waals surface area contributed by atoms with Gasteiger partial charge in [-0.25, -0.2) is 4.52 Å². The summed E-state index contributed by atoms with van der Waals surface area (Å²) in [6, 6.07) is 15.7. The van der Waals surface area contributed by atoms with E-state index in [1.54, 1.807) is 6.20 Å². The summed E-state index contributed by atoms with van der Waals surface area (Å²) in [5.41, 5.74) is 3.68. The van der Waals surface area contributed by atoms with Crippen molar-refractivity contribution in [3.05, 3.63) is 60.3 Å². The number of aromatic nitrogens is 2. The Morgan fingerprint density at radius 2 is 1.89 bits per heavy atom. The molecule has 6 heteroatoms. The van der Waals surface area contributed by atoms with E-state index in [9.17, 15) is 9.59 Å². The van der Waals surface area contributed by atoms with E-state index in [1.165, 1.54) is 0 Å². The number of hydrogen-bond acceptors (Lipinski definition) is 3. The van der Waals surface area contributed by atoms with E-state index in [0.717, 1.165) is 29.6 Å². The summed E-state index contributed by atoms with van der Waals surface area (Å²) in [6.07, 6.45) is 3.60. The van der Waals surface area contributed by atoms with Crippen LogP contribution in [0.5, 0.6) is 0 Å². The molecule has 27 heavy (non-hydrogen) atoms. The molecule has 136 valence electrons. The maximum Gasteiger partial charge on any atom is 0.253 e. The number of nitrogens with one attached hydrogen (secondary N) is 1. The fourth-order valence-corrected chi connectivity index (χ4v) is 4.14. The first-order valence-electron chi connectivity index (χ1n) is 9.32. The quantitative estimate of drug-likeness (QED) is 0.763. The zero-order valence-corrected chi connectivity index (χ0v) is 14.8. The average molecular weight is 360 g/mol. The Hall–Kier alpha value is -3.15. The monoisotopic (exact) mass is 360 g/mol. The van der Waals surface area contributed by atoms with Crippen LogP contribution >= 0.6 is 0 Å². The zero-order chi connectivity index (χ0) is 18.4. The van der Waals surface area contributed by atoms with Crippen LogP contribution in [0.1, 0.15) is 23.2 Å². The summed E-state index contributed by atoms with van der Waals surface area (Å²) in [5.74, 6) is 0.000791. The predicted molar refractivity (Wildman–Crippen MR) is 101 cm³/mol. The number of nitrogens with zero attached hydrogens (tertiary/aromatic N) is 3. The third kappa shape index (κ3) is 2.77. The first-order chi connectivity index (χ1) is 13.2. The molecule has 0 radical (unpaired) electrons. The van der Waals surface area contributed by atoms with Gasteiger partial charge in [0, 0.05) is 30.3 Å². The molecule has 0 spiro atoms. The number of rotatable bonds is 2. The number of carbonyl (C=O) groups excluding carboxylic acids is 2. The van der Waals surface area contributed by atoms with Crippen molar-refractivity contribution < 1.29 is 9.59 Å². The molecule has 2 bridgehead atoms. The molecule has 3 fully saturated rings. The van der Waals surface area contributed by atoms with Gasteiger partial charge in [-0.3, -0.25) is 9.59 Å². The number of benzene rings is 1. The van der Waals surface area contributed by atoms with Crippen molar-refractivity contribution in [3.63, 3.8) is 0 Å². The van der Waals surface area contributed by atoms with Gasteiger partial charge in [-0.1, -0.05) is 18.2 Å². The fourth-order valence-electron chi connectivity index (χ4n) is 4.14. The van der Waals surface area contributed by atoms with Crippen molar-refractivity contribution in [1.82, 2.24) is 19.8 Å². The van der Waals surface area contributed by atoms with Gasteiger partial charge in [0.05, 0.1) is 23.3 Å². The molecule has 0 unspecified atom stereocenters. The van der Waals surface area contributed by atoms with Gasteiger partial charge in [-0.05, 0) is 43.2 Å². The Bertz CT molecular complexity index is 1020. The fraction of sp³-hybridized carbons (Fsp3) is 0.286. The van der Waals surface area contributed by atoms with Gasteiger partial charge in [0.15, 0.2) is 0 Å². The van der Waals surface area contributed by atoms with E-state index in [-0.39, 0.29) is 23.8 Å². The van der Waals surface area contributed by atoms with Crippen LogP contribution in [-0.4, -0.2) is 45.5 Å². The normalized spacial score (nSPS) is 21.9. The smallest absolute Gasteiger partial charge is 0.253 e. The lowest BCUT2D eigenvalue weighted by atomic mass is 9.96. The maximum atomic E-state index is 13.0. The summed E-state index contributed by atoms with van der Waals surface area (Å²) < 4.78 is 1.89. The maximum absolute atomic E-state index is 13.0. The molecule has 3 aromatic rings. The molecule has 2 amide bonds. The Balaban J connectivity index is 1.41. The molecule has 6 nitrogen and oxygen atoms in total. The average Bonchev–Trinajstić information content (AvgIpc) is 3.01. The molecule has 3 saturated heterocycles. The van der Waals surface area contributed by atoms with Crippen molar-refractivity contribution in [2.45, 2.75) is 18.9 Å². The van der Waals surface area contributed by atoms with E-state index in [1.807, 2.05) is 57.9 Å². The summed E-state index contributed by atoms with van der Waals surface area (Å²) in [6.45, 7) is 1.10. The SMILES string of the molecule is O=C1N[C@H]2CC[C@@H]1CN(C(=O)c1ccc(-c3cccc4ccnn34)cc1)C2. The third-order valence-corrected chi connectivity index (χ3v) is 5.60. The minimum absolute atomic E-state index is 0.00718. The van der Waals surface area contributed by atoms with Crippen LogP contribution in [0.3, 0.4) is 0 Å². The second kappa shape index (κ2) is 6.23. The summed E-state index contributed by atoms with van der Waals surface area (Å²) in [4.78, 5) is 26.8. The summed E-state index contributed by atoms with van der Waals surface area (Å²) in [7, 11) is 0. The van der Waals surface area contributed by atoms with E-state index in [0.29, 0.717) is 18.7 Å². The van der Waals surface area contributed by atoms with E-state index in [4.69, 9.17) is 0 Å². The molecular formula is C21H20N4O2. The molecule has 1 aromatic carbocycles. The van der Waals surface area contributed by atoms with Crippen molar-refractivity contribution >= 4 is 17.3 Å². The zero-order valence-electron chi connectivity index (χ0n) is 14.8. The molecule has 0 aliphatic carbocycles. The van der Waals surface area contributed by atoms with Gasteiger partial charge in [0.2, 0.25) is 5.91 Å². The second-order valence-electron chi connectivity index (χ2n) is 7.35. The highest BCUT2D eigenvalue weighted by atomic mass is 16.2. The van der Waals surface area contributed by atoms with Gasteiger partial charge in [-0.2, -0.15) is 5.10 Å². The lowest BCUT2D eigenvalue weighted by molar-refractivity contribution is -0.126. The molecule has 6 rings (SSSR count). The van der Waals surface area contributed by atoms with Crippen LogP contribution in [0, 0.1) is 5.92 Å². The van der Waals surface area contributed by atoms with E-state index in [2.05, 4.69) is 10.4 Å². The predicted octanol–water partition coefficient (Wildman–Crippen LogP) is 2.35. The lowest BCUT2D eigenvalue weighted by Crippen LogP contribution is -2.43. The van der Waals surface area contributed by atoms with Gasteiger partial charge in [-0.15, -0.1) is 0 Å². The first kappa shape index (κ1) is 16.1.